The van der Waals surface area contributed by atoms with Crippen LogP contribution >= 0.6 is 58.4 Å². The number of carboxylic acid groups (broad SMARTS) is 1. The Labute approximate surface area is 219 Å². The zero-order chi connectivity index (χ0) is 23.1. The van der Waals surface area contributed by atoms with E-state index in [1.54, 1.807) is 25.2 Å². The van der Waals surface area contributed by atoms with Crippen LogP contribution in [0, 0.1) is 0 Å². The second kappa shape index (κ2) is 13.1. The van der Waals surface area contributed by atoms with Gasteiger partial charge in [-0.25, -0.2) is 9.97 Å². The van der Waals surface area contributed by atoms with Crippen LogP contribution in [-0.2, 0) is 11.2 Å². The third kappa shape index (κ3) is 8.28. The number of aromatic nitrogens is 2. The number of anilines is 1. The molecule has 10 heteroatoms. The first-order valence-corrected chi connectivity index (χ1v) is 13.9. The Bertz CT molecular complexity index is 1040. The summed E-state index contributed by atoms with van der Waals surface area (Å²) < 4.78 is 1.02. The third-order valence-corrected chi connectivity index (χ3v) is 8.65. The highest BCUT2D eigenvalue weighted by Gasteiger charge is 2.29. The highest BCUT2D eigenvalue weighted by molar-refractivity contribution is 8.03. The van der Waals surface area contributed by atoms with Gasteiger partial charge in [-0.05, 0) is 38.5 Å². The Balaban J connectivity index is 0.00000385. The number of benzene rings is 1. The van der Waals surface area contributed by atoms with Gasteiger partial charge in [0.05, 0.1) is 15.9 Å². The van der Waals surface area contributed by atoms with Gasteiger partial charge in [-0.3, -0.25) is 4.79 Å². The van der Waals surface area contributed by atoms with E-state index in [4.69, 9.17) is 16.6 Å². The van der Waals surface area contributed by atoms with Crippen molar-refractivity contribution in [1.29, 1.82) is 0 Å². The highest BCUT2D eigenvalue weighted by atomic mass is 35.5. The summed E-state index contributed by atoms with van der Waals surface area (Å²) in [7, 11) is 0. The van der Waals surface area contributed by atoms with E-state index >= 15 is 0 Å². The Morgan fingerprint density at radius 1 is 1.18 bits per heavy atom. The van der Waals surface area contributed by atoms with Crippen molar-refractivity contribution < 1.29 is 9.90 Å². The number of nitrogens with zero attached hydrogens (tertiary/aromatic N) is 3. The lowest BCUT2D eigenvalue weighted by atomic mass is 10.1. The van der Waals surface area contributed by atoms with Gasteiger partial charge < -0.3 is 10.0 Å². The number of unbranched alkanes of at least 4 members (excludes halogenated alkanes) is 4. The van der Waals surface area contributed by atoms with Gasteiger partial charge in [0.15, 0.2) is 9.47 Å². The molecule has 0 saturated heterocycles. The zero-order valence-electron chi connectivity index (χ0n) is 19.2. The molecule has 5 nitrogen and oxygen atoms in total. The fourth-order valence-electron chi connectivity index (χ4n) is 3.19. The van der Waals surface area contributed by atoms with E-state index in [2.05, 4.69) is 16.8 Å². The number of hydrogen-bond acceptors (Lipinski definition) is 7. The second-order valence-electron chi connectivity index (χ2n) is 8.28. The van der Waals surface area contributed by atoms with Gasteiger partial charge >= 0.3 is 5.97 Å². The molecule has 1 aromatic carbocycles. The molecule has 0 bridgehead atoms. The Morgan fingerprint density at radius 3 is 2.67 bits per heavy atom. The van der Waals surface area contributed by atoms with Crippen LogP contribution in [-0.4, -0.2) is 38.9 Å². The summed E-state index contributed by atoms with van der Waals surface area (Å²) in [6.07, 6.45) is 6.96. The molecule has 0 spiro atoms. The minimum atomic E-state index is -0.887. The summed E-state index contributed by atoms with van der Waals surface area (Å²) in [6, 6.07) is 5.84. The lowest BCUT2D eigenvalue weighted by Gasteiger charge is -2.21. The van der Waals surface area contributed by atoms with E-state index in [1.807, 2.05) is 23.6 Å². The standard InChI is InChI=1S/C23H30ClN3O2S3.ClH/c1-4-5-6-7-8-12-27(21-26-18-10-9-16(24)14-19(18)31-21)13-11-17-15-30-22(25-17)32-23(2,3)20(28)29;/h9-10,14-15H,4-8,11-13H2,1-3H3,(H,28,29);1H. The molecule has 0 unspecified atom stereocenters. The lowest BCUT2D eigenvalue weighted by molar-refractivity contribution is -0.138. The number of thioether (sulfide) groups is 1. The lowest BCUT2D eigenvalue weighted by Crippen LogP contribution is -2.27. The number of rotatable bonds is 13. The van der Waals surface area contributed by atoms with Gasteiger partial charge in [0.1, 0.15) is 4.75 Å². The highest BCUT2D eigenvalue weighted by Crippen LogP contribution is 2.35. The molecular formula is C23H31Cl2N3O2S3. The van der Waals surface area contributed by atoms with Crippen LogP contribution in [0.2, 0.25) is 5.02 Å². The molecule has 2 heterocycles. The van der Waals surface area contributed by atoms with Gasteiger partial charge in [-0.15, -0.1) is 23.7 Å². The Kier molecular flexibility index (Phi) is 11.2. The maximum absolute atomic E-state index is 11.4. The number of halogens is 2. The third-order valence-electron chi connectivity index (χ3n) is 5.17. The summed E-state index contributed by atoms with van der Waals surface area (Å²) in [6.45, 7) is 7.45. The van der Waals surface area contributed by atoms with Crippen LogP contribution in [0.5, 0.6) is 0 Å². The number of hydrogen-bond donors (Lipinski definition) is 1. The van der Waals surface area contributed by atoms with E-state index in [1.165, 1.54) is 48.8 Å². The summed E-state index contributed by atoms with van der Waals surface area (Å²) in [5.74, 6) is -0.829. The monoisotopic (exact) mass is 547 g/mol. The fourth-order valence-corrected chi connectivity index (χ4v) is 6.71. The van der Waals surface area contributed by atoms with Gasteiger partial charge in [-0.1, -0.05) is 67.3 Å². The van der Waals surface area contributed by atoms with E-state index in [-0.39, 0.29) is 12.4 Å². The number of carboxylic acids is 1. The van der Waals surface area contributed by atoms with Crippen molar-refractivity contribution in [1.82, 2.24) is 9.97 Å². The molecule has 0 amide bonds. The van der Waals surface area contributed by atoms with E-state index < -0.39 is 10.7 Å². The average Bonchev–Trinajstić information content (AvgIpc) is 3.35. The first-order chi connectivity index (χ1) is 15.3. The Morgan fingerprint density at radius 2 is 1.94 bits per heavy atom. The van der Waals surface area contributed by atoms with E-state index in [0.29, 0.717) is 0 Å². The van der Waals surface area contributed by atoms with Crippen LogP contribution in [0.4, 0.5) is 5.13 Å². The minimum absolute atomic E-state index is 0. The number of aliphatic carboxylic acids is 1. The van der Waals surface area contributed by atoms with Crippen molar-refractivity contribution in [3.05, 3.63) is 34.3 Å². The van der Waals surface area contributed by atoms with Gasteiger partial charge in [0.2, 0.25) is 0 Å². The molecule has 182 valence electrons. The van der Waals surface area contributed by atoms with Crippen molar-refractivity contribution in [3.63, 3.8) is 0 Å². The molecule has 2 aromatic heterocycles. The van der Waals surface area contributed by atoms with Crippen LogP contribution in [0.3, 0.4) is 0 Å². The molecule has 0 saturated carbocycles. The van der Waals surface area contributed by atoms with Crippen LogP contribution < -0.4 is 4.90 Å². The largest absolute Gasteiger partial charge is 0.480 e. The van der Waals surface area contributed by atoms with Crippen molar-refractivity contribution in [3.8, 4) is 0 Å². The molecule has 0 aliphatic heterocycles. The number of carbonyl (C=O) groups is 1. The molecule has 3 aromatic rings. The molecule has 0 atom stereocenters. The summed E-state index contributed by atoms with van der Waals surface area (Å²) in [5, 5.41) is 13.2. The van der Waals surface area contributed by atoms with E-state index in [9.17, 15) is 9.90 Å². The topological polar surface area (TPSA) is 66.3 Å². The van der Waals surface area contributed by atoms with Crippen LogP contribution in [0.15, 0.2) is 27.9 Å². The molecule has 1 N–H and O–H groups in total. The van der Waals surface area contributed by atoms with Crippen LogP contribution in [0.25, 0.3) is 10.2 Å². The molecule has 33 heavy (non-hydrogen) atoms. The van der Waals surface area contributed by atoms with Crippen molar-refractivity contribution in [2.45, 2.75) is 68.4 Å². The van der Waals surface area contributed by atoms with Gasteiger partial charge in [0.25, 0.3) is 0 Å². The normalized spacial score (nSPS) is 11.5. The Hall–Kier alpha value is -1.06. The van der Waals surface area contributed by atoms with Crippen molar-refractivity contribution in [2.75, 3.05) is 18.0 Å². The molecule has 0 aliphatic carbocycles. The number of thiazole rings is 2. The summed E-state index contributed by atoms with van der Waals surface area (Å²) >= 11 is 10.7. The zero-order valence-corrected chi connectivity index (χ0v) is 23.2. The molecule has 0 fully saturated rings. The predicted octanol–water partition coefficient (Wildman–Crippen LogP) is 7.80. The smallest absolute Gasteiger partial charge is 0.319 e. The quantitative estimate of drug-likeness (QED) is 0.174. The molecule has 3 rings (SSSR count). The molecular weight excluding hydrogens is 517 g/mol. The first-order valence-electron chi connectivity index (χ1n) is 11.0. The number of fused-ring (bicyclic) bond motifs is 1. The van der Waals surface area contributed by atoms with Crippen molar-refractivity contribution >= 4 is 79.8 Å². The summed E-state index contributed by atoms with van der Waals surface area (Å²) in [4.78, 5) is 23.3. The first kappa shape index (κ1) is 28.2. The van der Waals surface area contributed by atoms with Crippen LogP contribution in [0.1, 0.15) is 58.6 Å². The van der Waals surface area contributed by atoms with E-state index in [0.717, 1.165) is 56.3 Å². The molecule has 0 aliphatic rings. The SMILES string of the molecule is CCCCCCCN(CCc1csc(SC(C)(C)C(=O)O)n1)c1nc2ccc(Cl)cc2s1.Cl. The maximum Gasteiger partial charge on any atom is 0.319 e. The maximum atomic E-state index is 11.4. The predicted molar refractivity (Wildman–Crippen MR) is 146 cm³/mol. The molecule has 0 radical (unpaired) electrons. The van der Waals surface area contributed by atoms with Gasteiger partial charge in [-0.2, -0.15) is 0 Å². The second-order valence-corrected chi connectivity index (χ2v) is 12.5. The summed E-state index contributed by atoms with van der Waals surface area (Å²) in [5.41, 5.74) is 1.98. The average molecular weight is 549 g/mol. The van der Waals surface area contributed by atoms with Crippen molar-refractivity contribution in [2.24, 2.45) is 0 Å². The van der Waals surface area contributed by atoms with Gasteiger partial charge in [0, 0.05) is 29.9 Å². The minimum Gasteiger partial charge on any atom is -0.480 e. The fraction of sp³-hybridized carbons (Fsp3) is 0.522.